The summed E-state index contributed by atoms with van der Waals surface area (Å²) in [4.78, 5) is 3.04. The molecule has 228 valence electrons. The Hall–Kier alpha value is -0.856. The van der Waals surface area contributed by atoms with E-state index in [2.05, 4.69) is 104 Å². The molecule has 5 nitrogen and oxygen atoms in total. The van der Waals surface area contributed by atoms with Crippen LogP contribution in [0.4, 0.5) is 0 Å². The molecule has 0 aromatic heterocycles. The van der Waals surface area contributed by atoms with E-state index in [0.29, 0.717) is 29.7 Å². The highest BCUT2D eigenvalue weighted by Crippen LogP contribution is 2.59. The predicted octanol–water partition coefficient (Wildman–Crippen LogP) is 11.0. The normalized spacial score (nSPS) is 32.0. The van der Waals surface area contributed by atoms with E-state index in [-0.39, 0.29) is 22.3 Å². The molecule has 0 saturated heterocycles. The van der Waals surface area contributed by atoms with Crippen molar-refractivity contribution in [1.29, 1.82) is 0 Å². The van der Waals surface area contributed by atoms with Crippen molar-refractivity contribution < 1.29 is 8.85 Å². The summed E-state index contributed by atoms with van der Waals surface area (Å²) in [6.07, 6.45) is 14.8. The van der Waals surface area contributed by atoms with Crippen LogP contribution in [0.3, 0.4) is 0 Å². The molecule has 0 amide bonds. The number of azide groups is 1. The molecule has 3 aliphatic rings. The Balaban J connectivity index is 1.86. The number of hydrogen-bond donors (Lipinski definition) is 0. The third-order valence-corrected chi connectivity index (χ3v) is 20.8. The molecular weight excluding hydrogens is 527 g/mol. The maximum absolute atomic E-state index is 8.86. The highest BCUT2D eigenvalue weighted by Gasteiger charge is 2.50. The van der Waals surface area contributed by atoms with Crippen molar-refractivity contribution in [2.45, 2.75) is 155 Å². The third kappa shape index (κ3) is 7.55. The van der Waals surface area contributed by atoms with E-state index in [1.54, 1.807) is 5.57 Å². The van der Waals surface area contributed by atoms with Crippen LogP contribution < -0.4 is 0 Å². The zero-order valence-electron chi connectivity index (χ0n) is 28.1. The molecular formula is C33H61N3O2Si2. The summed E-state index contributed by atoms with van der Waals surface area (Å²) in [5.74, 6) is 1.74. The first kappa shape index (κ1) is 33.6. The summed E-state index contributed by atoms with van der Waals surface area (Å²) in [5, 5.41) is 4.34. The van der Waals surface area contributed by atoms with Crippen molar-refractivity contribution in [3.63, 3.8) is 0 Å². The quantitative estimate of drug-likeness (QED) is 0.123. The lowest BCUT2D eigenvalue weighted by Gasteiger charge is -2.45. The average molecular weight is 588 g/mol. The fraction of sp³-hybridized carbons (Fsp3) is 0.879. The summed E-state index contributed by atoms with van der Waals surface area (Å²) in [7, 11) is -3.75. The SMILES string of the molecule is C[C@H](CN=[N+]=[N-])[C@H]1CC[C@H]2C(=CC=C3C[C@@H](O[Si](C)(C)C(C)(C)C)C[C@H](O[Si](C)(C)C(C)(C)C)C3)CCC[C@]12C. The second kappa shape index (κ2) is 12.4. The number of rotatable bonds is 8. The Kier molecular flexibility index (Phi) is 10.4. The largest absolute Gasteiger partial charge is 0.414 e. The van der Waals surface area contributed by atoms with Crippen molar-refractivity contribution in [2.75, 3.05) is 6.54 Å². The molecule has 6 atom stereocenters. The van der Waals surface area contributed by atoms with Gasteiger partial charge < -0.3 is 8.85 Å². The fourth-order valence-corrected chi connectivity index (χ4v) is 10.1. The smallest absolute Gasteiger partial charge is 0.192 e. The lowest BCUT2D eigenvalue weighted by molar-refractivity contribution is 0.0725. The van der Waals surface area contributed by atoms with Crippen LogP contribution in [0.15, 0.2) is 28.4 Å². The molecule has 3 aliphatic carbocycles. The third-order valence-electron chi connectivity index (χ3n) is 11.7. The fourth-order valence-electron chi connectivity index (χ4n) is 7.36. The van der Waals surface area contributed by atoms with E-state index in [4.69, 9.17) is 14.4 Å². The van der Waals surface area contributed by atoms with Crippen LogP contribution >= 0.6 is 0 Å². The Labute approximate surface area is 248 Å². The second-order valence-electron chi connectivity index (χ2n) is 16.7. The maximum Gasteiger partial charge on any atom is 0.192 e. The molecule has 7 heteroatoms. The summed E-state index contributed by atoms with van der Waals surface area (Å²) in [6.45, 7) is 29.0. The monoisotopic (exact) mass is 587 g/mol. The molecule has 0 aromatic rings. The van der Waals surface area contributed by atoms with E-state index in [1.165, 1.54) is 37.7 Å². The zero-order valence-corrected chi connectivity index (χ0v) is 30.1. The predicted molar refractivity (Wildman–Crippen MR) is 176 cm³/mol. The van der Waals surface area contributed by atoms with Crippen molar-refractivity contribution in [2.24, 2.45) is 28.3 Å². The van der Waals surface area contributed by atoms with Crippen LogP contribution in [-0.2, 0) is 8.85 Å². The lowest BCUT2D eigenvalue weighted by Crippen LogP contribution is -2.48. The maximum atomic E-state index is 8.86. The highest BCUT2D eigenvalue weighted by atomic mass is 28.4. The summed E-state index contributed by atoms with van der Waals surface area (Å²) in [6, 6.07) is 0. The molecule has 0 heterocycles. The topological polar surface area (TPSA) is 67.2 Å². The van der Waals surface area contributed by atoms with Gasteiger partial charge in [0.1, 0.15) is 0 Å². The molecule has 0 unspecified atom stereocenters. The van der Waals surface area contributed by atoms with Gasteiger partial charge in [0.15, 0.2) is 16.6 Å². The summed E-state index contributed by atoms with van der Waals surface area (Å²) in [5.41, 5.74) is 12.3. The van der Waals surface area contributed by atoms with Crippen LogP contribution in [0, 0.1) is 23.2 Å². The van der Waals surface area contributed by atoms with Gasteiger partial charge in [-0.15, -0.1) is 0 Å². The van der Waals surface area contributed by atoms with Crippen molar-refractivity contribution >= 4 is 16.6 Å². The molecule has 0 aromatic carbocycles. The summed E-state index contributed by atoms with van der Waals surface area (Å²) >= 11 is 0. The van der Waals surface area contributed by atoms with Gasteiger partial charge in [-0.25, -0.2) is 0 Å². The van der Waals surface area contributed by atoms with Crippen LogP contribution in [0.5, 0.6) is 0 Å². The van der Waals surface area contributed by atoms with Crippen molar-refractivity contribution in [3.05, 3.63) is 33.7 Å². The molecule has 40 heavy (non-hydrogen) atoms. The molecule has 3 fully saturated rings. The van der Waals surface area contributed by atoms with E-state index in [0.717, 1.165) is 19.3 Å². The van der Waals surface area contributed by atoms with Crippen LogP contribution in [-0.4, -0.2) is 35.4 Å². The van der Waals surface area contributed by atoms with Gasteiger partial charge in [0.25, 0.3) is 0 Å². The molecule has 0 radical (unpaired) electrons. The standard InChI is InChI=1S/C33H61N3O2Si2/c1-24(23-35-36-34)29-17-18-30-26(14-13-19-33(29,30)8)16-15-25-20-27(37-39(9,10)31(2,3)4)22-28(21-25)38-40(11,12)32(5,6)7/h15-16,24,27-30H,13-14,17-23H2,1-12H3/t24-,27-,28-,29-,30+,33-/m1/s1. The van der Waals surface area contributed by atoms with Gasteiger partial charge in [-0.2, -0.15) is 0 Å². The minimum atomic E-state index is -1.87. The minimum absolute atomic E-state index is 0.202. The number of fused-ring (bicyclic) bond motifs is 1. The first-order valence-electron chi connectivity index (χ1n) is 16.1. The van der Waals surface area contributed by atoms with E-state index in [9.17, 15) is 0 Å². The summed E-state index contributed by atoms with van der Waals surface area (Å²) < 4.78 is 14.1. The average Bonchev–Trinajstić information content (AvgIpc) is 3.16. The molecule has 0 bridgehead atoms. The molecule has 3 saturated carbocycles. The van der Waals surface area contributed by atoms with Gasteiger partial charge in [0.2, 0.25) is 0 Å². The van der Waals surface area contributed by atoms with Crippen LogP contribution in [0.2, 0.25) is 36.3 Å². The van der Waals surface area contributed by atoms with Gasteiger partial charge in [0, 0.05) is 11.5 Å². The number of hydrogen-bond acceptors (Lipinski definition) is 3. The number of nitrogens with zero attached hydrogens (tertiary/aromatic N) is 3. The Bertz CT molecular complexity index is 962. The number of allylic oxidation sites excluding steroid dienone is 3. The van der Waals surface area contributed by atoms with Crippen molar-refractivity contribution in [3.8, 4) is 0 Å². The minimum Gasteiger partial charge on any atom is -0.414 e. The Morgan fingerprint density at radius 3 is 2.02 bits per heavy atom. The van der Waals surface area contributed by atoms with Gasteiger partial charge in [-0.05, 0) is 116 Å². The van der Waals surface area contributed by atoms with Crippen LogP contribution in [0.1, 0.15) is 107 Å². The second-order valence-corrected chi connectivity index (χ2v) is 26.2. The Morgan fingerprint density at radius 1 is 0.975 bits per heavy atom. The Morgan fingerprint density at radius 2 is 1.52 bits per heavy atom. The van der Waals surface area contributed by atoms with E-state index < -0.39 is 16.6 Å². The molecule has 0 aliphatic heterocycles. The van der Waals surface area contributed by atoms with Gasteiger partial charge in [-0.1, -0.05) is 83.8 Å². The van der Waals surface area contributed by atoms with Crippen LogP contribution in [0.25, 0.3) is 10.4 Å². The molecule has 0 N–H and O–H groups in total. The van der Waals surface area contributed by atoms with Gasteiger partial charge >= 0.3 is 0 Å². The first-order chi connectivity index (χ1) is 18.3. The highest BCUT2D eigenvalue weighted by molar-refractivity contribution is 6.74. The zero-order chi connectivity index (χ0) is 30.1. The van der Waals surface area contributed by atoms with E-state index >= 15 is 0 Å². The molecule has 0 spiro atoms. The van der Waals surface area contributed by atoms with E-state index in [1.807, 2.05) is 0 Å². The lowest BCUT2D eigenvalue weighted by atomic mass is 9.61. The van der Waals surface area contributed by atoms with Gasteiger partial charge in [0.05, 0.1) is 12.2 Å². The van der Waals surface area contributed by atoms with Crippen molar-refractivity contribution in [1.82, 2.24) is 0 Å². The molecule has 3 rings (SSSR count). The van der Waals surface area contributed by atoms with Gasteiger partial charge in [-0.3, -0.25) is 0 Å². The first-order valence-corrected chi connectivity index (χ1v) is 21.9.